The van der Waals surface area contributed by atoms with Crippen molar-refractivity contribution in [2.24, 2.45) is 0 Å². The normalized spacial score (nSPS) is 12.6. The van der Waals surface area contributed by atoms with E-state index in [1.54, 1.807) is 0 Å². The molecule has 2 rings (SSSR count). The highest BCUT2D eigenvalue weighted by atomic mass is 15.1. The van der Waals surface area contributed by atoms with E-state index in [9.17, 15) is 0 Å². The van der Waals surface area contributed by atoms with Crippen LogP contribution in [0.3, 0.4) is 0 Å². The summed E-state index contributed by atoms with van der Waals surface area (Å²) in [6, 6.07) is 6.68. The average molecular weight is 259 g/mol. The van der Waals surface area contributed by atoms with Gasteiger partial charge in [0.15, 0.2) is 0 Å². The summed E-state index contributed by atoms with van der Waals surface area (Å²) in [7, 11) is 4.21. The van der Waals surface area contributed by atoms with Crippen LogP contribution in [0.4, 0.5) is 0 Å². The smallest absolute Gasteiger partial charge is 0.106 e. The van der Waals surface area contributed by atoms with Crippen molar-refractivity contribution in [3.05, 3.63) is 29.6 Å². The second kappa shape index (κ2) is 4.97. The van der Waals surface area contributed by atoms with E-state index in [-0.39, 0.29) is 5.41 Å². The van der Waals surface area contributed by atoms with Crippen molar-refractivity contribution in [3.8, 4) is 0 Å². The van der Waals surface area contributed by atoms with Gasteiger partial charge in [-0.1, -0.05) is 26.8 Å². The van der Waals surface area contributed by atoms with E-state index < -0.39 is 0 Å². The summed E-state index contributed by atoms with van der Waals surface area (Å²) >= 11 is 0. The molecule has 0 atom stereocenters. The monoisotopic (exact) mass is 259 g/mol. The summed E-state index contributed by atoms with van der Waals surface area (Å²) in [5, 5.41) is 0. The molecule has 1 aromatic carbocycles. The predicted octanol–water partition coefficient (Wildman–Crippen LogP) is 3.20. The second-order valence-corrected chi connectivity index (χ2v) is 6.57. The number of fused-ring (bicyclic) bond motifs is 1. The number of hydrogen-bond acceptors (Lipinski definition) is 2. The first-order chi connectivity index (χ1) is 8.79. The van der Waals surface area contributed by atoms with Gasteiger partial charge in [0.1, 0.15) is 5.82 Å². The van der Waals surface area contributed by atoms with Gasteiger partial charge in [0, 0.05) is 13.1 Å². The topological polar surface area (TPSA) is 21.1 Å². The summed E-state index contributed by atoms with van der Waals surface area (Å²) in [6.07, 6.45) is 0. The zero-order valence-corrected chi connectivity index (χ0v) is 13.0. The highest BCUT2D eigenvalue weighted by Crippen LogP contribution is 2.26. The quantitative estimate of drug-likeness (QED) is 0.844. The minimum atomic E-state index is 0.176. The van der Waals surface area contributed by atoms with Crippen LogP contribution in [0.2, 0.25) is 0 Å². The molecule has 1 aromatic heterocycles. The molecule has 3 nitrogen and oxygen atoms in total. The maximum absolute atomic E-state index is 4.71. The Hall–Kier alpha value is -1.35. The maximum atomic E-state index is 4.71. The zero-order valence-electron chi connectivity index (χ0n) is 13.0. The predicted molar refractivity (Wildman–Crippen MR) is 81.7 cm³/mol. The molecule has 0 saturated heterocycles. The molecule has 0 unspecified atom stereocenters. The third-order valence-electron chi connectivity index (χ3n) is 3.58. The van der Waals surface area contributed by atoms with Gasteiger partial charge in [0.2, 0.25) is 0 Å². The Morgan fingerprint density at radius 3 is 2.47 bits per heavy atom. The molecule has 2 aromatic rings. The molecule has 0 aliphatic heterocycles. The number of aryl methyl sites for hydroxylation is 1. The first-order valence-corrected chi connectivity index (χ1v) is 6.91. The second-order valence-electron chi connectivity index (χ2n) is 6.57. The highest BCUT2D eigenvalue weighted by molar-refractivity contribution is 5.77. The number of imidazole rings is 1. The van der Waals surface area contributed by atoms with Crippen molar-refractivity contribution in [3.63, 3.8) is 0 Å². The van der Waals surface area contributed by atoms with E-state index in [0.717, 1.165) is 24.4 Å². The van der Waals surface area contributed by atoms with E-state index in [4.69, 9.17) is 4.98 Å². The van der Waals surface area contributed by atoms with Crippen LogP contribution in [0.1, 0.15) is 32.2 Å². The lowest BCUT2D eigenvalue weighted by Gasteiger charge is -2.19. The molecule has 0 spiro atoms. The van der Waals surface area contributed by atoms with Crippen LogP contribution in [0.15, 0.2) is 18.2 Å². The molecule has 104 valence electrons. The van der Waals surface area contributed by atoms with Gasteiger partial charge < -0.3 is 9.47 Å². The molecular formula is C16H25N3. The number of hydrogen-bond donors (Lipinski definition) is 0. The van der Waals surface area contributed by atoms with E-state index in [1.165, 1.54) is 11.1 Å². The van der Waals surface area contributed by atoms with E-state index in [1.807, 2.05) is 0 Å². The Morgan fingerprint density at radius 2 is 1.89 bits per heavy atom. The zero-order chi connectivity index (χ0) is 14.2. The van der Waals surface area contributed by atoms with E-state index >= 15 is 0 Å². The van der Waals surface area contributed by atoms with Gasteiger partial charge in [-0.25, -0.2) is 4.98 Å². The van der Waals surface area contributed by atoms with Crippen LogP contribution >= 0.6 is 0 Å². The summed E-state index contributed by atoms with van der Waals surface area (Å²) in [4.78, 5) is 6.91. The molecule has 0 saturated carbocycles. The summed E-state index contributed by atoms with van der Waals surface area (Å²) in [6.45, 7) is 10.8. The number of aromatic nitrogens is 2. The summed E-state index contributed by atoms with van der Waals surface area (Å²) < 4.78 is 2.31. The van der Waals surface area contributed by atoms with Gasteiger partial charge in [0.25, 0.3) is 0 Å². The van der Waals surface area contributed by atoms with Gasteiger partial charge in [-0.2, -0.15) is 0 Å². The van der Waals surface area contributed by atoms with Crippen LogP contribution in [-0.4, -0.2) is 35.1 Å². The molecule has 0 bridgehead atoms. The average Bonchev–Trinajstić information content (AvgIpc) is 2.59. The van der Waals surface area contributed by atoms with Gasteiger partial charge in [-0.3, -0.25) is 0 Å². The van der Waals surface area contributed by atoms with Crippen LogP contribution in [0.25, 0.3) is 11.0 Å². The molecule has 0 aliphatic rings. The van der Waals surface area contributed by atoms with Crippen LogP contribution < -0.4 is 0 Å². The van der Waals surface area contributed by atoms with Crippen LogP contribution in [0.5, 0.6) is 0 Å². The Balaban J connectivity index is 2.42. The number of rotatable bonds is 3. The van der Waals surface area contributed by atoms with E-state index in [0.29, 0.717) is 0 Å². The molecule has 3 heteroatoms. The third kappa shape index (κ3) is 2.98. The van der Waals surface area contributed by atoms with Gasteiger partial charge in [0.05, 0.1) is 11.0 Å². The fourth-order valence-corrected chi connectivity index (χ4v) is 2.30. The first kappa shape index (κ1) is 14.1. The molecule has 0 N–H and O–H groups in total. The van der Waals surface area contributed by atoms with Crippen molar-refractivity contribution in [2.45, 2.75) is 39.7 Å². The fourth-order valence-electron chi connectivity index (χ4n) is 2.30. The summed E-state index contributed by atoms with van der Waals surface area (Å²) in [5.74, 6) is 1.10. The van der Waals surface area contributed by atoms with Crippen molar-refractivity contribution in [1.29, 1.82) is 0 Å². The number of nitrogens with zero attached hydrogens (tertiary/aromatic N) is 3. The molecule has 0 radical (unpaired) electrons. The Morgan fingerprint density at radius 1 is 1.21 bits per heavy atom. The molecule has 0 fully saturated rings. The van der Waals surface area contributed by atoms with Crippen molar-refractivity contribution >= 4 is 11.0 Å². The van der Waals surface area contributed by atoms with E-state index in [2.05, 4.69) is 69.5 Å². The molecule has 19 heavy (non-hydrogen) atoms. The van der Waals surface area contributed by atoms with Crippen molar-refractivity contribution in [2.75, 3.05) is 20.6 Å². The Kier molecular flexibility index (Phi) is 3.68. The lowest BCUT2D eigenvalue weighted by molar-refractivity contribution is 0.384. The lowest BCUT2D eigenvalue weighted by atomic mass is 9.87. The maximum Gasteiger partial charge on any atom is 0.106 e. The van der Waals surface area contributed by atoms with Gasteiger partial charge in [-0.05, 0) is 44.1 Å². The third-order valence-corrected chi connectivity index (χ3v) is 3.58. The molecular weight excluding hydrogens is 234 g/mol. The molecule has 0 aliphatic carbocycles. The standard InChI is InChI=1S/C16H25N3/c1-12-17-14-11-13(16(2,3)4)7-8-15(14)19(12)10-9-18(5)6/h7-8,11H,9-10H2,1-6H3. The first-order valence-electron chi connectivity index (χ1n) is 6.91. The van der Waals surface area contributed by atoms with Crippen LogP contribution in [-0.2, 0) is 12.0 Å². The molecule has 0 amide bonds. The van der Waals surface area contributed by atoms with Crippen LogP contribution in [0, 0.1) is 6.92 Å². The SMILES string of the molecule is Cc1nc2cc(C(C)(C)C)ccc2n1CCN(C)C. The lowest BCUT2D eigenvalue weighted by Crippen LogP contribution is -2.19. The Bertz CT molecular complexity index is 573. The number of benzene rings is 1. The minimum Gasteiger partial charge on any atom is -0.327 e. The van der Waals surface area contributed by atoms with Crippen molar-refractivity contribution < 1.29 is 0 Å². The highest BCUT2D eigenvalue weighted by Gasteiger charge is 2.16. The minimum absolute atomic E-state index is 0.176. The van der Waals surface area contributed by atoms with Gasteiger partial charge in [-0.15, -0.1) is 0 Å². The largest absolute Gasteiger partial charge is 0.327 e. The molecule has 1 heterocycles. The number of likely N-dealkylation sites (N-methyl/N-ethyl adjacent to an activating group) is 1. The Labute approximate surface area is 116 Å². The van der Waals surface area contributed by atoms with Crippen molar-refractivity contribution in [1.82, 2.24) is 14.5 Å². The van der Waals surface area contributed by atoms with Gasteiger partial charge >= 0.3 is 0 Å². The summed E-state index contributed by atoms with van der Waals surface area (Å²) in [5.41, 5.74) is 3.88. The fraction of sp³-hybridized carbons (Fsp3) is 0.562.